The molecule has 3 aromatic rings. The van der Waals surface area contributed by atoms with Crippen LogP contribution in [0.3, 0.4) is 0 Å². The molecule has 4 rings (SSSR count). The van der Waals surface area contributed by atoms with Gasteiger partial charge in [-0.3, -0.25) is 9.63 Å². The molecular weight excluding hydrogens is 474 g/mol. The van der Waals surface area contributed by atoms with Gasteiger partial charge in [-0.1, -0.05) is 59.7 Å². The summed E-state index contributed by atoms with van der Waals surface area (Å²) in [5.41, 5.74) is 0.937. The number of esters is 2. The highest BCUT2D eigenvalue weighted by molar-refractivity contribution is 6.15. The van der Waals surface area contributed by atoms with Gasteiger partial charge in [-0.05, 0) is 43.7 Å². The lowest BCUT2D eigenvalue weighted by molar-refractivity contribution is -0.163. The van der Waals surface area contributed by atoms with Gasteiger partial charge in [-0.15, -0.1) is 0 Å². The zero-order chi connectivity index (χ0) is 26.7. The van der Waals surface area contributed by atoms with E-state index >= 15 is 0 Å². The number of carbonyl (C=O) groups excluding carboxylic acids is 3. The number of benzene rings is 3. The summed E-state index contributed by atoms with van der Waals surface area (Å²) in [4.78, 5) is 47.9. The quantitative estimate of drug-likeness (QED) is 0.266. The molecule has 1 aliphatic rings. The number of ketones is 1. The maximum Gasteiger partial charge on any atom is 0.346 e. The topological polar surface area (TPSA) is 91.4 Å². The van der Waals surface area contributed by atoms with Crippen molar-refractivity contribution in [2.75, 3.05) is 26.4 Å². The summed E-state index contributed by atoms with van der Waals surface area (Å²) in [5, 5.41) is 1.16. The second-order valence-electron chi connectivity index (χ2n) is 8.89. The molecule has 2 unspecified atom stereocenters. The number of hydrogen-bond donors (Lipinski definition) is 0. The molecule has 3 aromatic carbocycles. The van der Waals surface area contributed by atoms with E-state index in [0.717, 1.165) is 30.4 Å². The maximum absolute atomic E-state index is 14.2. The van der Waals surface area contributed by atoms with Crippen molar-refractivity contribution >= 4 is 23.4 Å². The first kappa shape index (κ1) is 25.9. The van der Waals surface area contributed by atoms with Gasteiger partial charge < -0.3 is 14.2 Å². The number of Topliss-reactive ketones (excluding diaryl/α,β-unsaturated/α-hetero) is 1. The van der Waals surface area contributed by atoms with Crippen LogP contribution < -0.4 is 9.80 Å². The van der Waals surface area contributed by atoms with Crippen molar-refractivity contribution in [3.63, 3.8) is 0 Å². The molecule has 0 aliphatic carbocycles. The molecule has 1 heterocycles. The van der Waals surface area contributed by atoms with Crippen LogP contribution in [-0.4, -0.2) is 44.6 Å². The van der Waals surface area contributed by atoms with E-state index in [-0.39, 0.29) is 0 Å². The van der Waals surface area contributed by atoms with Gasteiger partial charge in [0.15, 0.2) is 5.78 Å². The molecule has 0 aromatic heterocycles. The largest absolute Gasteiger partial charge is 0.497 e. The Kier molecular flexibility index (Phi) is 7.31. The van der Waals surface area contributed by atoms with Crippen LogP contribution in [-0.2, 0) is 23.9 Å². The molecule has 8 heteroatoms. The highest BCUT2D eigenvalue weighted by Gasteiger charge is 2.70. The number of nitrogens with zero attached hydrogens (tertiary/aromatic N) is 1. The number of aryl methyl sites for hydroxylation is 2. The zero-order valence-electron chi connectivity index (χ0n) is 21.4. The molecule has 1 fully saturated rings. The molecule has 37 heavy (non-hydrogen) atoms. The van der Waals surface area contributed by atoms with Crippen molar-refractivity contribution < 1.29 is 33.4 Å². The summed E-state index contributed by atoms with van der Waals surface area (Å²) < 4.78 is 15.6. The minimum atomic E-state index is -2.26. The van der Waals surface area contributed by atoms with Crippen LogP contribution in [0, 0.1) is 19.8 Å². The highest BCUT2D eigenvalue weighted by Crippen LogP contribution is 2.50. The maximum atomic E-state index is 14.2. The van der Waals surface area contributed by atoms with Crippen LogP contribution in [0.15, 0.2) is 72.8 Å². The third-order valence-corrected chi connectivity index (χ3v) is 6.62. The van der Waals surface area contributed by atoms with E-state index < -0.39 is 35.3 Å². The van der Waals surface area contributed by atoms with Gasteiger partial charge in [0.25, 0.3) is 5.54 Å². The number of rotatable bonds is 7. The fourth-order valence-corrected chi connectivity index (χ4v) is 4.63. The van der Waals surface area contributed by atoms with Crippen LogP contribution in [0.5, 0.6) is 5.75 Å². The van der Waals surface area contributed by atoms with Crippen molar-refractivity contribution in [2.45, 2.75) is 25.5 Å². The Labute approximate surface area is 215 Å². The Bertz CT molecular complexity index is 1270. The van der Waals surface area contributed by atoms with Gasteiger partial charge in [0.2, 0.25) is 0 Å². The third-order valence-electron chi connectivity index (χ3n) is 6.62. The van der Waals surface area contributed by atoms with Crippen LogP contribution >= 0.6 is 0 Å². The summed E-state index contributed by atoms with van der Waals surface area (Å²) in [6, 6.07) is 20.9. The number of hydrogen-bond acceptors (Lipinski definition) is 8. The van der Waals surface area contributed by atoms with Gasteiger partial charge in [-0.25, -0.2) is 14.7 Å². The second-order valence-corrected chi connectivity index (χ2v) is 8.89. The first-order valence-corrected chi connectivity index (χ1v) is 11.7. The van der Waals surface area contributed by atoms with Gasteiger partial charge in [0, 0.05) is 5.56 Å². The minimum Gasteiger partial charge on any atom is -0.497 e. The fraction of sp³-hybridized carbons (Fsp3) is 0.276. The van der Waals surface area contributed by atoms with Crippen molar-refractivity contribution in [3.05, 3.63) is 95.1 Å². The summed E-state index contributed by atoms with van der Waals surface area (Å²) in [6.07, 6.45) is -1.03. The van der Waals surface area contributed by atoms with E-state index in [9.17, 15) is 14.4 Å². The number of methoxy groups -OCH3 is 3. The standard InChI is InChI=1S/C29H29NO7/c1-18-6-10-20(11-7-18)25(31)24-26(21-12-16-23(34-3)17-13-21)37-30(22-14-8-19(2)9-15-22)29(24,27(32)35-4)28(33)36-5/h6-17,24,26H,1-5H3. The van der Waals surface area contributed by atoms with E-state index in [2.05, 4.69) is 0 Å². The lowest BCUT2D eigenvalue weighted by Crippen LogP contribution is -2.63. The number of carbonyl (C=O) groups is 3. The fourth-order valence-electron chi connectivity index (χ4n) is 4.63. The van der Waals surface area contributed by atoms with Gasteiger partial charge in [0.1, 0.15) is 17.8 Å². The first-order valence-electron chi connectivity index (χ1n) is 11.7. The smallest absolute Gasteiger partial charge is 0.346 e. The van der Waals surface area contributed by atoms with E-state index in [0.29, 0.717) is 22.6 Å². The predicted molar refractivity (Wildman–Crippen MR) is 136 cm³/mol. The molecule has 0 spiro atoms. The molecule has 0 N–H and O–H groups in total. The van der Waals surface area contributed by atoms with E-state index in [4.69, 9.17) is 19.0 Å². The molecule has 1 saturated heterocycles. The zero-order valence-corrected chi connectivity index (χ0v) is 21.4. The average molecular weight is 504 g/mol. The van der Waals surface area contributed by atoms with E-state index in [1.165, 1.54) is 0 Å². The van der Waals surface area contributed by atoms with Crippen LogP contribution in [0.4, 0.5) is 5.69 Å². The molecule has 192 valence electrons. The number of hydroxylamine groups is 1. The molecule has 0 amide bonds. The Morgan fingerprint density at radius 2 is 1.27 bits per heavy atom. The van der Waals surface area contributed by atoms with Gasteiger partial charge in [0.05, 0.1) is 27.0 Å². The Morgan fingerprint density at radius 3 is 1.76 bits per heavy atom. The number of ether oxygens (including phenoxy) is 3. The number of anilines is 1. The minimum absolute atomic E-state index is 0.320. The molecular formula is C29H29NO7. The summed E-state index contributed by atoms with van der Waals surface area (Å²) in [7, 11) is 3.87. The monoisotopic (exact) mass is 503 g/mol. The average Bonchev–Trinajstić information content (AvgIpc) is 3.29. The third kappa shape index (κ3) is 4.44. The van der Waals surface area contributed by atoms with Crippen LogP contribution in [0.25, 0.3) is 0 Å². The van der Waals surface area contributed by atoms with Gasteiger partial charge >= 0.3 is 11.9 Å². The van der Waals surface area contributed by atoms with Gasteiger partial charge in [-0.2, -0.15) is 0 Å². The van der Waals surface area contributed by atoms with E-state index in [1.807, 2.05) is 26.0 Å². The lowest BCUT2D eigenvalue weighted by Gasteiger charge is -2.35. The normalized spacial score (nSPS) is 18.2. The molecule has 0 radical (unpaired) electrons. The molecule has 0 saturated carbocycles. The summed E-state index contributed by atoms with van der Waals surface area (Å²) >= 11 is 0. The molecule has 8 nitrogen and oxygen atoms in total. The Balaban J connectivity index is 2.00. The molecule has 0 bridgehead atoms. The van der Waals surface area contributed by atoms with Crippen molar-refractivity contribution in [1.82, 2.24) is 0 Å². The predicted octanol–water partition coefficient (Wildman–Crippen LogP) is 4.39. The van der Waals surface area contributed by atoms with Crippen molar-refractivity contribution in [3.8, 4) is 5.75 Å². The summed E-state index contributed by atoms with van der Waals surface area (Å²) in [5.74, 6) is -3.15. The van der Waals surface area contributed by atoms with Crippen LogP contribution in [0.2, 0.25) is 0 Å². The second kappa shape index (κ2) is 10.4. The lowest BCUT2D eigenvalue weighted by atomic mass is 9.74. The van der Waals surface area contributed by atoms with Crippen LogP contribution in [0.1, 0.15) is 33.2 Å². The SMILES string of the molecule is COC(=O)C1(C(=O)OC)C(C(=O)c2ccc(C)cc2)C(c2ccc(OC)cc2)ON1c1ccc(C)cc1. The van der Waals surface area contributed by atoms with Crippen molar-refractivity contribution in [2.24, 2.45) is 5.92 Å². The first-order chi connectivity index (χ1) is 17.8. The Hall–Kier alpha value is -4.17. The van der Waals surface area contributed by atoms with E-state index in [1.54, 1.807) is 67.8 Å². The highest BCUT2D eigenvalue weighted by atomic mass is 16.7. The Morgan fingerprint density at radius 1 is 0.757 bits per heavy atom. The molecule has 2 atom stereocenters. The van der Waals surface area contributed by atoms with Crippen molar-refractivity contribution in [1.29, 1.82) is 0 Å². The molecule has 1 aliphatic heterocycles. The summed E-state index contributed by atoms with van der Waals surface area (Å²) in [6.45, 7) is 3.81.